The van der Waals surface area contributed by atoms with Crippen molar-refractivity contribution in [1.82, 2.24) is 5.32 Å². The van der Waals surface area contributed by atoms with Gasteiger partial charge in [0.2, 0.25) is 5.75 Å². The van der Waals surface area contributed by atoms with Crippen molar-refractivity contribution in [3.8, 4) is 23.0 Å². The van der Waals surface area contributed by atoms with E-state index in [0.717, 1.165) is 0 Å². The summed E-state index contributed by atoms with van der Waals surface area (Å²) >= 11 is 3.93. The molecule has 1 aliphatic heterocycles. The zero-order valence-electron chi connectivity index (χ0n) is 18.2. The van der Waals surface area contributed by atoms with E-state index in [9.17, 15) is 9.90 Å². The number of aliphatic hydroxyl groups excluding tert-OH is 1. The quantitative estimate of drug-likeness (QED) is 0.507. The predicted molar refractivity (Wildman–Crippen MR) is 128 cm³/mol. The van der Waals surface area contributed by atoms with Crippen molar-refractivity contribution in [2.24, 2.45) is 0 Å². The van der Waals surface area contributed by atoms with Gasteiger partial charge in [-0.05, 0) is 47.8 Å². The second kappa shape index (κ2) is 12.7. The highest BCUT2D eigenvalue weighted by Gasteiger charge is 2.17. The highest BCUT2D eigenvalue weighted by molar-refractivity contribution is 8.16. The lowest BCUT2D eigenvalue weighted by molar-refractivity contribution is -0.123. The van der Waals surface area contributed by atoms with Crippen LogP contribution < -0.4 is 24.3 Å². The summed E-state index contributed by atoms with van der Waals surface area (Å²) in [5.41, 5.74) is 1.27. The summed E-state index contributed by atoms with van der Waals surface area (Å²) in [6.45, 7) is -0.120. The SMILES string of the molecule is COc1cccc(OC)c1OCC(O)CNC(=O)COc1ccc(C2SCCCS2)cc1. The molecule has 174 valence electrons. The summed E-state index contributed by atoms with van der Waals surface area (Å²) < 4.78 is 22.2. The summed E-state index contributed by atoms with van der Waals surface area (Å²) in [4.78, 5) is 12.1. The van der Waals surface area contributed by atoms with E-state index in [2.05, 4.69) is 17.4 Å². The standard InChI is InChI=1S/C23H29NO6S2/c1-27-19-5-3-6-20(28-2)22(19)30-14-17(25)13-24-21(26)15-29-18-9-7-16(8-10-18)23-31-11-4-12-32-23/h3,5-10,17,23,25H,4,11-15H2,1-2H3,(H,24,26). The molecule has 7 nitrogen and oxygen atoms in total. The molecule has 0 aromatic heterocycles. The summed E-state index contributed by atoms with van der Waals surface area (Å²) in [5.74, 6) is 4.11. The molecule has 1 atom stereocenters. The molecule has 2 aromatic carbocycles. The summed E-state index contributed by atoms with van der Waals surface area (Å²) in [5, 5.41) is 12.8. The smallest absolute Gasteiger partial charge is 0.258 e. The molecule has 1 amide bonds. The molecule has 2 N–H and O–H groups in total. The normalized spacial score (nSPS) is 15.0. The van der Waals surface area contributed by atoms with E-state index >= 15 is 0 Å². The Bertz CT molecular complexity index is 836. The van der Waals surface area contributed by atoms with Crippen LogP contribution in [0, 0.1) is 0 Å². The Labute approximate surface area is 197 Å². The maximum absolute atomic E-state index is 12.1. The van der Waals surface area contributed by atoms with E-state index in [4.69, 9.17) is 18.9 Å². The summed E-state index contributed by atoms with van der Waals surface area (Å²) in [7, 11) is 3.06. The zero-order chi connectivity index (χ0) is 22.8. The van der Waals surface area contributed by atoms with Gasteiger partial charge in [-0.3, -0.25) is 4.79 Å². The third-order valence-corrected chi connectivity index (χ3v) is 7.70. The number of carbonyl (C=O) groups is 1. The molecule has 0 spiro atoms. The highest BCUT2D eigenvalue weighted by Crippen LogP contribution is 2.43. The van der Waals surface area contributed by atoms with Gasteiger partial charge in [-0.15, -0.1) is 23.5 Å². The molecule has 1 fully saturated rings. The van der Waals surface area contributed by atoms with Crippen molar-refractivity contribution in [3.63, 3.8) is 0 Å². The number of benzene rings is 2. The topological polar surface area (TPSA) is 86.3 Å². The highest BCUT2D eigenvalue weighted by atomic mass is 32.2. The fourth-order valence-corrected chi connectivity index (χ4v) is 5.93. The lowest BCUT2D eigenvalue weighted by Crippen LogP contribution is -2.37. The van der Waals surface area contributed by atoms with Crippen LogP contribution in [0.3, 0.4) is 0 Å². The van der Waals surface area contributed by atoms with Gasteiger partial charge in [0.15, 0.2) is 18.1 Å². The fraction of sp³-hybridized carbons (Fsp3) is 0.435. The van der Waals surface area contributed by atoms with Crippen LogP contribution in [0.1, 0.15) is 16.6 Å². The van der Waals surface area contributed by atoms with E-state index in [1.165, 1.54) is 37.7 Å². The Morgan fingerprint density at radius 3 is 2.34 bits per heavy atom. The third-order valence-electron chi connectivity index (χ3n) is 4.69. The average Bonchev–Trinajstić information content (AvgIpc) is 2.85. The number of hydrogen-bond donors (Lipinski definition) is 2. The zero-order valence-corrected chi connectivity index (χ0v) is 19.9. The molecule has 0 bridgehead atoms. The number of methoxy groups -OCH3 is 2. The Hall–Kier alpha value is -2.23. The first-order chi connectivity index (χ1) is 15.6. The Morgan fingerprint density at radius 2 is 1.72 bits per heavy atom. The van der Waals surface area contributed by atoms with Crippen molar-refractivity contribution in [2.45, 2.75) is 17.1 Å². The van der Waals surface area contributed by atoms with Gasteiger partial charge in [-0.2, -0.15) is 0 Å². The minimum atomic E-state index is -0.904. The van der Waals surface area contributed by atoms with E-state index in [1.54, 1.807) is 18.2 Å². The summed E-state index contributed by atoms with van der Waals surface area (Å²) in [6, 6.07) is 13.1. The van der Waals surface area contributed by atoms with Gasteiger partial charge in [-0.1, -0.05) is 18.2 Å². The third kappa shape index (κ3) is 7.15. The largest absolute Gasteiger partial charge is 0.493 e. The van der Waals surface area contributed by atoms with Crippen LogP contribution in [0.5, 0.6) is 23.0 Å². The number of amides is 1. The summed E-state index contributed by atoms with van der Waals surface area (Å²) in [6.07, 6.45) is 0.357. The number of para-hydroxylation sites is 1. The monoisotopic (exact) mass is 479 g/mol. The Morgan fingerprint density at radius 1 is 1.06 bits per heavy atom. The van der Waals surface area contributed by atoms with Crippen molar-refractivity contribution in [2.75, 3.05) is 45.5 Å². The Kier molecular flexibility index (Phi) is 9.70. The van der Waals surface area contributed by atoms with Crippen LogP contribution in [-0.4, -0.2) is 62.6 Å². The van der Waals surface area contributed by atoms with Crippen LogP contribution >= 0.6 is 23.5 Å². The molecule has 9 heteroatoms. The molecule has 32 heavy (non-hydrogen) atoms. The number of nitrogens with one attached hydrogen (secondary N) is 1. The first-order valence-corrected chi connectivity index (χ1v) is 12.4. The molecule has 0 aliphatic carbocycles. The first-order valence-electron chi connectivity index (χ1n) is 10.3. The molecule has 1 saturated heterocycles. The number of carbonyl (C=O) groups excluding carboxylic acids is 1. The molecular formula is C23H29NO6S2. The van der Waals surface area contributed by atoms with Crippen molar-refractivity contribution in [3.05, 3.63) is 48.0 Å². The van der Waals surface area contributed by atoms with Gasteiger partial charge in [0.05, 0.1) is 18.8 Å². The number of ether oxygens (including phenoxy) is 4. The van der Waals surface area contributed by atoms with Crippen molar-refractivity contribution >= 4 is 29.4 Å². The van der Waals surface area contributed by atoms with Crippen molar-refractivity contribution in [1.29, 1.82) is 0 Å². The van der Waals surface area contributed by atoms with Crippen molar-refractivity contribution < 1.29 is 28.8 Å². The second-order valence-electron chi connectivity index (χ2n) is 7.05. The number of thioether (sulfide) groups is 2. The first kappa shape index (κ1) is 24.4. The number of hydrogen-bond acceptors (Lipinski definition) is 8. The molecule has 0 radical (unpaired) electrons. The van der Waals surface area contributed by atoms with Gasteiger partial charge < -0.3 is 29.4 Å². The maximum Gasteiger partial charge on any atom is 0.258 e. The van der Waals surface area contributed by atoms with Crippen LogP contribution in [0.25, 0.3) is 0 Å². The molecule has 2 aromatic rings. The Balaban J connectivity index is 1.38. The fourth-order valence-electron chi connectivity index (χ4n) is 3.03. The van der Waals surface area contributed by atoms with Crippen LogP contribution in [0.4, 0.5) is 0 Å². The van der Waals surface area contributed by atoms with E-state index in [0.29, 0.717) is 27.6 Å². The van der Waals surface area contributed by atoms with Crippen LogP contribution in [0.2, 0.25) is 0 Å². The molecule has 3 rings (SSSR count). The van der Waals surface area contributed by atoms with Gasteiger partial charge in [0, 0.05) is 6.54 Å². The lowest BCUT2D eigenvalue weighted by Gasteiger charge is -2.21. The number of rotatable bonds is 11. The minimum Gasteiger partial charge on any atom is -0.493 e. The minimum absolute atomic E-state index is 0.0312. The van der Waals surface area contributed by atoms with Gasteiger partial charge in [-0.25, -0.2) is 0 Å². The predicted octanol–water partition coefficient (Wildman–Crippen LogP) is 3.51. The van der Waals surface area contributed by atoms with Gasteiger partial charge >= 0.3 is 0 Å². The van der Waals surface area contributed by atoms with Gasteiger partial charge in [0.1, 0.15) is 18.5 Å². The maximum atomic E-state index is 12.1. The molecule has 1 heterocycles. The van der Waals surface area contributed by atoms with E-state index in [1.807, 2.05) is 35.7 Å². The molecule has 1 unspecified atom stereocenters. The average molecular weight is 480 g/mol. The molecule has 0 saturated carbocycles. The second-order valence-corrected chi connectivity index (χ2v) is 9.77. The van der Waals surface area contributed by atoms with Gasteiger partial charge in [0.25, 0.3) is 5.91 Å². The van der Waals surface area contributed by atoms with E-state index in [-0.39, 0.29) is 25.7 Å². The number of aliphatic hydroxyl groups is 1. The van der Waals surface area contributed by atoms with E-state index < -0.39 is 6.10 Å². The van der Waals surface area contributed by atoms with Crippen LogP contribution in [-0.2, 0) is 4.79 Å². The lowest BCUT2D eigenvalue weighted by atomic mass is 10.2. The molecular weight excluding hydrogens is 450 g/mol. The molecule has 1 aliphatic rings. The van der Waals surface area contributed by atoms with Crippen LogP contribution in [0.15, 0.2) is 42.5 Å².